The molecule has 1 amide bonds. The first kappa shape index (κ1) is 17.0. The van der Waals surface area contributed by atoms with Gasteiger partial charge in [-0.2, -0.15) is 0 Å². The molecule has 1 aromatic carbocycles. The fourth-order valence-electron chi connectivity index (χ4n) is 3.77. The first-order valence-corrected chi connectivity index (χ1v) is 7.74. The molecule has 25 heavy (non-hydrogen) atoms. The van der Waals surface area contributed by atoms with Crippen LogP contribution in [0.25, 0.3) is 0 Å². The van der Waals surface area contributed by atoms with Crippen molar-refractivity contribution in [1.29, 1.82) is 0 Å². The summed E-state index contributed by atoms with van der Waals surface area (Å²) >= 11 is 0. The molecule has 132 valence electrons. The van der Waals surface area contributed by atoms with Gasteiger partial charge in [-0.1, -0.05) is 12.1 Å². The zero-order valence-corrected chi connectivity index (χ0v) is 13.2. The highest BCUT2D eigenvalue weighted by Gasteiger charge is 2.65. The Bertz CT molecular complexity index is 758. The molecule has 1 aromatic rings. The number of β-lactam (4-membered cyclic amide) rings is 1. The van der Waals surface area contributed by atoms with Crippen LogP contribution in [0.2, 0.25) is 0 Å². The van der Waals surface area contributed by atoms with E-state index >= 15 is 0 Å². The Morgan fingerprint density at radius 2 is 1.92 bits per heavy atom. The van der Waals surface area contributed by atoms with E-state index in [2.05, 4.69) is 0 Å². The molecule has 2 fully saturated rings. The summed E-state index contributed by atoms with van der Waals surface area (Å²) < 4.78 is 0. The van der Waals surface area contributed by atoms with E-state index in [1.807, 2.05) is 0 Å². The molecule has 1 unspecified atom stereocenters. The van der Waals surface area contributed by atoms with Crippen LogP contribution in [0.15, 0.2) is 24.3 Å². The second-order valence-corrected chi connectivity index (χ2v) is 6.38. The second kappa shape index (κ2) is 5.92. The van der Waals surface area contributed by atoms with E-state index in [-0.39, 0.29) is 12.1 Å². The predicted octanol–water partition coefficient (Wildman–Crippen LogP) is -0.00280. The lowest BCUT2D eigenvalue weighted by atomic mass is 9.76. The molecule has 2 N–H and O–H groups in total. The van der Waals surface area contributed by atoms with Gasteiger partial charge in [-0.15, -0.1) is 0 Å². The van der Waals surface area contributed by atoms with Crippen molar-refractivity contribution in [2.75, 3.05) is 0 Å². The first-order valence-electron chi connectivity index (χ1n) is 7.74. The third-order valence-corrected chi connectivity index (χ3v) is 4.91. The third kappa shape index (κ3) is 2.56. The number of nitro benzene ring substituents is 1. The van der Waals surface area contributed by atoms with E-state index in [0.717, 1.165) is 4.90 Å². The van der Waals surface area contributed by atoms with Crippen molar-refractivity contribution in [2.45, 2.75) is 31.5 Å². The van der Waals surface area contributed by atoms with Gasteiger partial charge in [0, 0.05) is 18.1 Å². The van der Waals surface area contributed by atoms with Crippen LogP contribution in [0.4, 0.5) is 5.69 Å². The molecule has 0 bridgehead atoms. The fourth-order valence-corrected chi connectivity index (χ4v) is 3.77. The number of hydrogen-bond donors (Lipinski definition) is 2. The van der Waals surface area contributed by atoms with Gasteiger partial charge in [0.2, 0.25) is 5.91 Å². The van der Waals surface area contributed by atoms with E-state index in [1.165, 1.54) is 31.2 Å². The van der Waals surface area contributed by atoms with Gasteiger partial charge < -0.3 is 15.1 Å². The largest absolute Gasteiger partial charge is 0.479 e. The Hall–Kier alpha value is -2.81. The summed E-state index contributed by atoms with van der Waals surface area (Å²) in [6, 6.07) is 3.41. The highest BCUT2D eigenvalue weighted by Crippen LogP contribution is 2.44. The number of aliphatic hydroxyl groups excluding tert-OH is 1. The van der Waals surface area contributed by atoms with E-state index < -0.39 is 52.6 Å². The highest BCUT2D eigenvalue weighted by atomic mass is 16.6. The van der Waals surface area contributed by atoms with E-state index in [4.69, 9.17) is 0 Å². The van der Waals surface area contributed by atoms with Gasteiger partial charge in [0.1, 0.15) is 0 Å². The van der Waals surface area contributed by atoms with Gasteiger partial charge in [0.15, 0.2) is 11.8 Å². The van der Waals surface area contributed by atoms with Crippen molar-refractivity contribution >= 4 is 23.3 Å². The number of carboxylic acids is 1. The topological polar surface area (TPSA) is 138 Å². The number of carbonyl (C=O) groups excluding carboxylic acids is 2. The average Bonchev–Trinajstić information content (AvgIpc) is 2.77. The Labute approximate surface area is 142 Å². The number of aliphatic carboxylic acids is 1. The van der Waals surface area contributed by atoms with Gasteiger partial charge in [-0.25, -0.2) is 4.79 Å². The van der Waals surface area contributed by atoms with E-state index in [1.54, 1.807) is 0 Å². The molecule has 0 aromatic heterocycles. The number of benzene rings is 1. The summed E-state index contributed by atoms with van der Waals surface area (Å²) in [4.78, 5) is 47.3. The summed E-state index contributed by atoms with van der Waals surface area (Å²) in [6.45, 7) is 1.43. The quantitative estimate of drug-likeness (QED) is 0.330. The third-order valence-electron chi connectivity index (χ3n) is 4.91. The van der Waals surface area contributed by atoms with Crippen LogP contribution in [0.3, 0.4) is 0 Å². The van der Waals surface area contributed by atoms with E-state index in [0.29, 0.717) is 5.56 Å². The molecule has 2 aliphatic rings. The van der Waals surface area contributed by atoms with Crippen LogP contribution in [0, 0.1) is 22.0 Å². The molecule has 9 nitrogen and oxygen atoms in total. The summed E-state index contributed by atoms with van der Waals surface area (Å²) in [7, 11) is 0. The number of ketones is 1. The number of carbonyl (C=O) groups is 3. The molecule has 0 aliphatic carbocycles. The van der Waals surface area contributed by atoms with Gasteiger partial charge in [0.05, 0.1) is 23.0 Å². The lowest BCUT2D eigenvalue weighted by Crippen LogP contribution is -2.66. The average molecular weight is 348 g/mol. The number of hydrogen-bond acceptors (Lipinski definition) is 6. The Kier molecular flexibility index (Phi) is 4.03. The van der Waals surface area contributed by atoms with Crippen LogP contribution in [-0.4, -0.2) is 55.9 Å². The molecule has 2 aliphatic heterocycles. The fraction of sp³-hybridized carbons (Fsp3) is 0.438. The number of carboxylic acid groups (broad SMARTS) is 1. The number of rotatable bonds is 5. The zero-order chi connectivity index (χ0) is 18.5. The minimum Gasteiger partial charge on any atom is -0.479 e. The van der Waals surface area contributed by atoms with E-state index in [9.17, 15) is 34.7 Å². The Morgan fingerprint density at radius 3 is 2.40 bits per heavy atom. The summed E-state index contributed by atoms with van der Waals surface area (Å²) in [5.74, 6) is -4.07. The molecule has 0 radical (unpaired) electrons. The van der Waals surface area contributed by atoms with Crippen molar-refractivity contribution in [3.8, 4) is 0 Å². The lowest BCUT2D eigenvalue weighted by Gasteiger charge is -2.46. The molecule has 3 rings (SSSR count). The number of amides is 1. The molecule has 9 heteroatoms. The normalized spacial score (nSPS) is 29.1. The summed E-state index contributed by atoms with van der Waals surface area (Å²) in [5, 5.41) is 29.8. The van der Waals surface area contributed by atoms with Gasteiger partial charge in [0.25, 0.3) is 5.69 Å². The maximum atomic E-state index is 12.5. The van der Waals surface area contributed by atoms with Gasteiger partial charge in [-0.3, -0.25) is 19.7 Å². The molecular weight excluding hydrogens is 332 g/mol. The van der Waals surface area contributed by atoms with Crippen molar-refractivity contribution in [3.63, 3.8) is 0 Å². The summed E-state index contributed by atoms with van der Waals surface area (Å²) in [6.07, 6.45) is -0.841. The number of nitro groups is 1. The maximum Gasteiger partial charge on any atom is 0.334 e. The number of Topliss-reactive ketones (excluding diaryl/α,β-unsaturated/α-hetero) is 1. The second-order valence-electron chi connectivity index (χ2n) is 6.38. The van der Waals surface area contributed by atoms with Crippen molar-refractivity contribution < 1.29 is 29.5 Å². The predicted molar refractivity (Wildman–Crippen MR) is 82.5 cm³/mol. The SMILES string of the molecule is C[C@@H](O)[C@H]1C(=O)N2[C@@H](C(=O)O)C(=O)C(Cc3ccc([N+](=O)[O-])cc3)[C@H]12. The minimum absolute atomic E-state index is 0.0905. The number of non-ortho nitro benzene ring substituents is 1. The lowest BCUT2D eigenvalue weighted by molar-refractivity contribution is -0.384. The number of aliphatic hydroxyl groups is 1. The van der Waals surface area contributed by atoms with Crippen molar-refractivity contribution in [1.82, 2.24) is 4.90 Å². The van der Waals surface area contributed by atoms with Crippen LogP contribution >= 0.6 is 0 Å². The summed E-state index contributed by atoms with van der Waals surface area (Å²) in [5.41, 5.74) is 0.533. The van der Waals surface area contributed by atoms with Crippen LogP contribution in [0.1, 0.15) is 12.5 Å². The smallest absolute Gasteiger partial charge is 0.334 e. The monoisotopic (exact) mass is 348 g/mol. The molecule has 5 atom stereocenters. The van der Waals surface area contributed by atoms with Crippen LogP contribution in [0.5, 0.6) is 0 Å². The first-order chi connectivity index (χ1) is 11.7. The molecule has 0 saturated carbocycles. The standard InChI is InChI=1S/C16H16N2O7/c1-7(19)11-12-10(6-8-2-4-9(5-3-8)18(24)25)14(20)13(16(22)23)17(12)15(11)21/h2-5,7,10-13,19H,6H2,1H3,(H,22,23)/t7-,10?,11-,12-,13-/m1/s1. The Morgan fingerprint density at radius 1 is 1.32 bits per heavy atom. The van der Waals surface area contributed by atoms with Gasteiger partial charge >= 0.3 is 5.97 Å². The minimum atomic E-state index is -1.53. The zero-order valence-electron chi connectivity index (χ0n) is 13.2. The number of nitrogens with zero attached hydrogens (tertiary/aromatic N) is 2. The number of fused-ring (bicyclic) bond motifs is 1. The van der Waals surface area contributed by atoms with Crippen molar-refractivity contribution in [2.24, 2.45) is 11.8 Å². The van der Waals surface area contributed by atoms with Crippen molar-refractivity contribution in [3.05, 3.63) is 39.9 Å². The van der Waals surface area contributed by atoms with Crippen LogP contribution in [-0.2, 0) is 20.8 Å². The molecule has 2 saturated heterocycles. The maximum absolute atomic E-state index is 12.5. The molecule has 0 spiro atoms. The Balaban J connectivity index is 1.88. The molecule has 2 heterocycles. The molecular formula is C16H16N2O7. The van der Waals surface area contributed by atoms with Crippen LogP contribution < -0.4 is 0 Å². The highest BCUT2D eigenvalue weighted by molar-refractivity contribution is 6.12. The van der Waals surface area contributed by atoms with Gasteiger partial charge in [-0.05, 0) is 18.9 Å².